The summed E-state index contributed by atoms with van der Waals surface area (Å²) in [4.78, 5) is 27.3. The van der Waals surface area contributed by atoms with Crippen LogP contribution in [0.5, 0.6) is 0 Å². The number of sulfonamides is 1. The normalized spacial score (nSPS) is 15.0. The van der Waals surface area contributed by atoms with E-state index in [2.05, 4.69) is 15.9 Å². The molecule has 1 aromatic rings. The van der Waals surface area contributed by atoms with Gasteiger partial charge in [-0.2, -0.15) is 0 Å². The van der Waals surface area contributed by atoms with Crippen LogP contribution in [0.25, 0.3) is 0 Å². The van der Waals surface area contributed by atoms with E-state index >= 15 is 0 Å². The Balaban J connectivity index is 2.55. The van der Waals surface area contributed by atoms with E-state index in [0.717, 1.165) is 23.4 Å². The monoisotopic (exact) mass is 428 g/mol. The lowest BCUT2D eigenvalue weighted by atomic mass is 9.97. The van der Waals surface area contributed by atoms with Crippen LogP contribution in [0.2, 0.25) is 0 Å². The molecule has 1 saturated carbocycles. The van der Waals surface area contributed by atoms with Gasteiger partial charge in [0.05, 0.1) is 17.5 Å². The van der Waals surface area contributed by atoms with Gasteiger partial charge in [0.2, 0.25) is 10.0 Å². The molecule has 0 heterocycles. The first-order valence-electron chi connectivity index (χ1n) is 7.73. The first kappa shape index (κ1) is 19.7. The van der Waals surface area contributed by atoms with E-state index < -0.39 is 15.8 Å². The Kier molecular flexibility index (Phi) is 5.73. The lowest BCUT2D eigenvalue weighted by Gasteiger charge is -2.21. The summed E-state index contributed by atoms with van der Waals surface area (Å²) in [5.41, 5.74) is 0.492. The first-order chi connectivity index (χ1) is 11.5. The predicted octanol–water partition coefficient (Wildman–Crippen LogP) is 2.45. The van der Waals surface area contributed by atoms with Crippen molar-refractivity contribution in [2.75, 3.05) is 31.7 Å². The Bertz CT molecular complexity index is 842. The van der Waals surface area contributed by atoms with Crippen molar-refractivity contribution >= 4 is 43.2 Å². The van der Waals surface area contributed by atoms with E-state index in [0.29, 0.717) is 4.47 Å². The van der Waals surface area contributed by atoms with Crippen LogP contribution in [-0.2, 0) is 14.8 Å². The van der Waals surface area contributed by atoms with Gasteiger partial charge in [-0.1, -0.05) is 15.9 Å². The second-order valence-corrected chi connectivity index (χ2v) is 9.30. The fraction of sp³-hybridized carbons (Fsp3) is 0.412. The molecular formula is C17H21BrN2O4S. The molecule has 2 rings (SSSR count). The van der Waals surface area contributed by atoms with Crippen molar-refractivity contribution in [3.05, 3.63) is 40.0 Å². The number of allylic oxidation sites excluding steroid dienone is 1. The van der Waals surface area contributed by atoms with Gasteiger partial charge in [0.15, 0.2) is 11.6 Å². The highest BCUT2D eigenvalue weighted by molar-refractivity contribution is 9.10. The SMILES string of the molecule is CN(C)C=C(C(=O)c1ccc(Br)cc1N(C)S(C)(=O)=O)C(=O)C1CC1. The molecule has 0 aromatic heterocycles. The van der Waals surface area contributed by atoms with E-state index in [-0.39, 0.29) is 28.5 Å². The molecule has 25 heavy (non-hydrogen) atoms. The number of hydrogen-bond acceptors (Lipinski definition) is 5. The standard InChI is InChI=1S/C17H21BrN2O4S/c1-19(2)10-14(16(21)11-5-6-11)17(22)13-8-7-12(18)9-15(13)20(3)25(4,23)24/h7-11H,5-6H2,1-4H3. The molecule has 0 atom stereocenters. The Hall–Kier alpha value is -1.67. The van der Waals surface area contributed by atoms with E-state index in [4.69, 9.17) is 0 Å². The van der Waals surface area contributed by atoms with Crippen LogP contribution in [0.3, 0.4) is 0 Å². The minimum Gasteiger partial charge on any atom is -0.383 e. The molecule has 136 valence electrons. The molecule has 0 amide bonds. The molecule has 0 saturated heterocycles. The summed E-state index contributed by atoms with van der Waals surface area (Å²) >= 11 is 3.30. The third-order valence-electron chi connectivity index (χ3n) is 3.89. The Labute approximate surface area is 156 Å². The van der Waals surface area contributed by atoms with E-state index in [9.17, 15) is 18.0 Å². The smallest absolute Gasteiger partial charge is 0.232 e. The van der Waals surface area contributed by atoms with Crippen molar-refractivity contribution in [1.82, 2.24) is 4.90 Å². The van der Waals surface area contributed by atoms with Crippen molar-refractivity contribution in [2.45, 2.75) is 12.8 Å². The number of Topliss-reactive ketones (excluding diaryl/α,β-unsaturated/α-hetero) is 2. The van der Waals surface area contributed by atoms with Gasteiger partial charge in [0.1, 0.15) is 0 Å². The average molecular weight is 429 g/mol. The average Bonchev–Trinajstić information content (AvgIpc) is 3.34. The fourth-order valence-corrected chi connectivity index (χ4v) is 3.20. The summed E-state index contributed by atoms with van der Waals surface area (Å²) in [6.45, 7) is 0. The largest absolute Gasteiger partial charge is 0.383 e. The lowest BCUT2D eigenvalue weighted by Crippen LogP contribution is -2.28. The predicted molar refractivity (Wildman–Crippen MR) is 101 cm³/mol. The minimum atomic E-state index is -3.56. The van der Waals surface area contributed by atoms with E-state index in [1.54, 1.807) is 31.1 Å². The minimum absolute atomic E-state index is 0.0815. The molecule has 0 N–H and O–H groups in total. The third kappa shape index (κ3) is 4.70. The van der Waals surface area contributed by atoms with Gasteiger partial charge in [-0.05, 0) is 31.0 Å². The van der Waals surface area contributed by atoms with Gasteiger partial charge in [-0.25, -0.2) is 8.42 Å². The molecule has 1 aliphatic carbocycles. The molecule has 6 nitrogen and oxygen atoms in total. The number of anilines is 1. The number of carbonyl (C=O) groups excluding carboxylic acids is 2. The van der Waals surface area contributed by atoms with Crippen LogP contribution in [0.1, 0.15) is 23.2 Å². The summed E-state index contributed by atoms with van der Waals surface area (Å²) in [5.74, 6) is -0.764. The van der Waals surface area contributed by atoms with Gasteiger partial charge in [-0.3, -0.25) is 13.9 Å². The maximum Gasteiger partial charge on any atom is 0.232 e. The molecule has 0 aliphatic heterocycles. The molecule has 1 fully saturated rings. The summed E-state index contributed by atoms with van der Waals surface area (Å²) in [6.07, 6.45) is 4.14. The highest BCUT2D eigenvalue weighted by Crippen LogP contribution is 2.35. The first-order valence-corrected chi connectivity index (χ1v) is 10.4. The Morgan fingerprint density at radius 2 is 1.80 bits per heavy atom. The number of ketones is 2. The number of carbonyl (C=O) groups is 2. The van der Waals surface area contributed by atoms with Crippen LogP contribution in [0, 0.1) is 5.92 Å². The number of halogens is 1. The zero-order chi connectivity index (χ0) is 18.9. The molecule has 1 aliphatic rings. The maximum atomic E-state index is 13.1. The number of hydrogen-bond donors (Lipinski definition) is 0. The van der Waals surface area contributed by atoms with Crippen molar-refractivity contribution in [1.29, 1.82) is 0 Å². The second kappa shape index (κ2) is 7.29. The van der Waals surface area contributed by atoms with Crippen LogP contribution in [0.4, 0.5) is 5.69 Å². The zero-order valence-electron chi connectivity index (χ0n) is 14.6. The highest BCUT2D eigenvalue weighted by atomic mass is 79.9. The van der Waals surface area contributed by atoms with Crippen LogP contribution < -0.4 is 4.31 Å². The molecule has 0 radical (unpaired) electrons. The summed E-state index contributed by atoms with van der Waals surface area (Å²) in [7, 11) is 1.29. The molecule has 0 bridgehead atoms. The van der Waals surface area contributed by atoms with Crippen molar-refractivity contribution in [3.8, 4) is 0 Å². The molecular weight excluding hydrogens is 408 g/mol. The van der Waals surface area contributed by atoms with Crippen molar-refractivity contribution in [2.24, 2.45) is 5.92 Å². The Morgan fingerprint density at radius 1 is 1.20 bits per heavy atom. The lowest BCUT2D eigenvalue weighted by molar-refractivity contribution is -0.116. The number of nitrogens with zero attached hydrogens (tertiary/aromatic N) is 2. The zero-order valence-corrected chi connectivity index (χ0v) is 17.0. The molecule has 0 unspecified atom stereocenters. The maximum absolute atomic E-state index is 13.1. The Morgan fingerprint density at radius 3 is 2.28 bits per heavy atom. The molecule has 0 spiro atoms. The van der Waals surface area contributed by atoms with Crippen LogP contribution in [0.15, 0.2) is 34.4 Å². The molecule has 1 aromatic carbocycles. The second-order valence-electron chi connectivity index (χ2n) is 6.37. The van der Waals surface area contributed by atoms with Gasteiger partial charge >= 0.3 is 0 Å². The topological polar surface area (TPSA) is 74.8 Å². The third-order valence-corrected chi connectivity index (χ3v) is 5.57. The van der Waals surface area contributed by atoms with Crippen LogP contribution in [-0.4, -0.2) is 52.3 Å². The molecule has 8 heteroatoms. The van der Waals surface area contributed by atoms with Gasteiger partial charge in [-0.15, -0.1) is 0 Å². The summed E-state index contributed by atoms with van der Waals surface area (Å²) in [6, 6.07) is 4.75. The van der Waals surface area contributed by atoms with E-state index in [1.165, 1.54) is 19.3 Å². The number of benzene rings is 1. The van der Waals surface area contributed by atoms with Crippen molar-refractivity contribution in [3.63, 3.8) is 0 Å². The van der Waals surface area contributed by atoms with E-state index in [1.807, 2.05) is 0 Å². The van der Waals surface area contributed by atoms with Crippen LogP contribution >= 0.6 is 15.9 Å². The van der Waals surface area contributed by atoms with Gasteiger partial charge in [0.25, 0.3) is 0 Å². The van der Waals surface area contributed by atoms with Crippen molar-refractivity contribution < 1.29 is 18.0 Å². The summed E-state index contributed by atoms with van der Waals surface area (Å²) in [5, 5.41) is 0. The van der Waals surface area contributed by atoms with Gasteiger partial charge in [0, 0.05) is 43.3 Å². The highest BCUT2D eigenvalue weighted by Gasteiger charge is 2.35. The van der Waals surface area contributed by atoms with Gasteiger partial charge < -0.3 is 4.90 Å². The summed E-state index contributed by atoms with van der Waals surface area (Å²) < 4.78 is 25.5. The fourth-order valence-electron chi connectivity index (χ4n) is 2.34. The number of rotatable bonds is 7. The quantitative estimate of drug-likeness (QED) is 0.288.